The maximum Gasteiger partial charge on any atom is 0.449 e. The topological polar surface area (TPSA) is 69.6 Å². The molecule has 0 aliphatic heterocycles. The molecule has 4 rings (SSSR count). The average Bonchev–Trinajstić information content (AvgIpc) is 3.02. The highest BCUT2D eigenvalue weighted by atomic mass is 19.4. The number of pyridine rings is 1. The molecule has 0 spiro atoms. The Hall–Kier alpha value is -2.45. The number of halogens is 3. The zero-order valence-electron chi connectivity index (χ0n) is 12.1. The average molecular weight is 323 g/mol. The first kappa shape index (κ1) is 14.2. The molecular formula is C14H12F3N5O. The van der Waals surface area contributed by atoms with E-state index in [-0.39, 0.29) is 22.8 Å². The van der Waals surface area contributed by atoms with Crippen LogP contribution in [0.5, 0.6) is 0 Å². The lowest BCUT2D eigenvalue weighted by molar-refractivity contribution is -0.146. The van der Waals surface area contributed by atoms with Crippen molar-refractivity contribution in [3.05, 3.63) is 24.0 Å². The van der Waals surface area contributed by atoms with Crippen LogP contribution in [0.4, 0.5) is 13.2 Å². The smallest absolute Gasteiger partial charge is 0.334 e. The van der Waals surface area contributed by atoms with Gasteiger partial charge in [0.25, 0.3) is 5.89 Å². The van der Waals surface area contributed by atoms with E-state index in [0.717, 1.165) is 23.8 Å². The van der Waals surface area contributed by atoms with Crippen LogP contribution in [0.3, 0.4) is 0 Å². The number of imidazole rings is 1. The van der Waals surface area contributed by atoms with Crippen LogP contribution in [-0.2, 0) is 13.2 Å². The molecule has 1 aliphatic rings. The third-order valence-corrected chi connectivity index (χ3v) is 4.17. The van der Waals surface area contributed by atoms with Crippen molar-refractivity contribution in [3.8, 4) is 11.5 Å². The van der Waals surface area contributed by atoms with Crippen LogP contribution in [0.15, 0.2) is 16.9 Å². The lowest BCUT2D eigenvalue weighted by atomic mass is 9.85. The quantitative estimate of drug-likeness (QED) is 0.723. The van der Waals surface area contributed by atoms with Gasteiger partial charge >= 0.3 is 6.18 Å². The second-order valence-corrected chi connectivity index (χ2v) is 5.63. The Morgan fingerprint density at radius 2 is 2.00 bits per heavy atom. The zero-order chi connectivity index (χ0) is 16.2. The van der Waals surface area contributed by atoms with Crippen molar-refractivity contribution in [2.45, 2.75) is 31.4 Å². The van der Waals surface area contributed by atoms with Crippen molar-refractivity contribution in [2.24, 2.45) is 7.05 Å². The second-order valence-electron chi connectivity index (χ2n) is 5.63. The van der Waals surface area contributed by atoms with Gasteiger partial charge in [-0.15, -0.1) is 0 Å². The number of hydrogen-bond donors (Lipinski definition) is 0. The molecule has 6 nitrogen and oxygen atoms in total. The number of nitrogens with zero attached hydrogens (tertiary/aromatic N) is 5. The summed E-state index contributed by atoms with van der Waals surface area (Å²) in [5, 5.41) is 3.94. The van der Waals surface area contributed by atoms with Gasteiger partial charge in [-0.25, -0.2) is 4.98 Å². The summed E-state index contributed by atoms with van der Waals surface area (Å²) in [7, 11) is 1.31. The molecule has 3 aromatic heterocycles. The first-order chi connectivity index (χ1) is 10.9. The molecule has 3 heterocycles. The third kappa shape index (κ3) is 2.18. The van der Waals surface area contributed by atoms with Crippen molar-refractivity contribution in [2.75, 3.05) is 0 Å². The molecular weight excluding hydrogens is 311 g/mol. The lowest BCUT2D eigenvalue weighted by Crippen LogP contribution is -2.12. The van der Waals surface area contributed by atoms with E-state index in [1.54, 1.807) is 0 Å². The molecule has 1 saturated carbocycles. The molecule has 9 heteroatoms. The van der Waals surface area contributed by atoms with Gasteiger partial charge in [0.15, 0.2) is 5.82 Å². The van der Waals surface area contributed by atoms with E-state index < -0.39 is 12.0 Å². The number of aryl methyl sites for hydroxylation is 1. The first-order valence-electron chi connectivity index (χ1n) is 7.17. The largest absolute Gasteiger partial charge is 0.449 e. The Labute approximate surface area is 128 Å². The second kappa shape index (κ2) is 4.77. The van der Waals surface area contributed by atoms with Crippen molar-refractivity contribution in [3.63, 3.8) is 0 Å². The van der Waals surface area contributed by atoms with Crippen molar-refractivity contribution in [1.29, 1.82) is 0 Å². The third-order valence-electron chi connectivity index (χ3n) is 4.17. The van der Waals surface area contributed by atoms with Gasteiger partial charge in [-0.1, -0.05) is 11.6 Å². The predicted octanol–water partition coefficient (Wildman–Crippen LogP) is 3.30. The van der Waals surface area contributed by atoms with Crippen LogP contribution >= 0.6 is 0 Å². The van der Waals surface area contributed by atoms with E-state index in [0.29, 0.717) is 11.4 Å². The van der Waals surface area contributed by atoms with Gasteiger partial charge in [0.05, 0.1) is 17.3 Å². The predicted molar refractivity (Wildman–Crippen MR) is 73.4 cm³/mol. The van der Waals surface area contributed by atoms with Gasteiger partial charge in [-0.05, 0) is 12.8 Å². The molecule has 23 heavy (non-hydrogen) atoms. The highest BCUT2D eigenvalue weighted by Gasteiger charge is 2.37. The molecule has 0 N–H and O–H groups in total. The molecule has 0 atom stereocenters. The van der Waals surface area contributed by atoms with Gasteiger partial charge < -0.3 is 9.09 Å². The summed E-state index contributed by atoms with van der Waals surface area (Å²) in [6, 6.07) is 0. The zero-order valence-corrected chi connectivity index (χ0v) is 12.1. The lowest BCUT2D eigenvalue weighted by Gasteiger charge is -2.20. The summed E-state index contributed by atoms with van der Waals surface area (Å²) in [5.74, 6) is 0.0561. The van der Waals surface area contributed by atoms with E-state index in [4.69, 9.17) is 4.52 Å². The van der Waals surface area contributed by atoms with E-state index in [1.165, 1.54) is 19.4 Å². The van der Waals surface area contributed by atoms with Crippen LogP contribution in [0.1, 0.15) is 36.8 Å². The normalized spacial score (nSPS) is 16.0. The summed E-state index contributed by atoms with van der Waals surface area (Å²) >= 11 is 0. The van der Waals surface area contributed by atoms with Crippen LogP contribution < -0.4 is 0 Å². The number of rotatable bonds is 2. The Morgan fingerprint density at radius 3 is 2.65 bits per heavy atom. The van der Waals surface area contributed by atoms with Gasteiger partial charge in [-0.2, -0.15) is 18.2 Å². The maximum absolute atomic E-state index is 13.0. The Kier molecular flexibility index (Phi) is 2.94. The summed E-state index contributed by atoms with van der Waals surface area (Å²) in [6.07, 6.45) is 1.30. The standard InChI is InChI=1S/C14H12F3N5O/c1-22-10-8(12-20-11(21-23-12)7-3-2-4-7)5-18-6-9(10)19-13(22)14(15,16)17/h5-7H,2-4H2,1H3. The van der Waals surface area contributed by atoms with E-state index in [2.05, 4.69) is 20.1 Å². The maximum atomic E-state index is 13.0. The molecule has 1 fully saturated rings. The molecule has 0 bridgehead atoms. The fourth-order valence-corrected chi connectivity index (χ4v) is 2.76. The van der Waals surface area contributed by atoms with Gasteiger partial charge in [0, 0.05) is 19.2 Å². The molecule has 1 aliphatic carbocycles. The molecule has 0 unspecified atom stereocenters. The van der Waals surface area contributed by atoms with Crippen molar-refractivity contribution >= 4 is 11.0 Å². The molecule has 120 valence electrons. The van der Waals surface area contributed by atoms with Crippen LogP contribution in [-0.4, -0.2) is 24.7 Å². The SMILES string of the molecule is Cn1c(C(F)(F)F)nc2cncc(-c3nc(C4CCC4)no3)c21. The summed E-state index contributed by atoms with van der Waals surface area (Å²) < 4.78 is 45.3. The Balaban J connectivity index is 1.86. The van der Waals surface area contributed by atoms with Crippen LogP contribution in [0.2, 0.25) is 0 Å². The first-order valence-corrected chi connectivity index (χ1v) is 7.17. The highest BCUT2D eigenvalue weighted by Crippen LogP contribution is 2.37. The van der Waals surface area contributed by atoms with E-state index in [9.17, 15) is 13.2 Å². The molecule has 0 amide bonds. The number of alkyl halides is 3. The Bertz CT molecular complexity index is 878. The highest BCUT2D eigenvalue weighted by molar-refractivity contribution is 5.89. The van der Waals surface area contributed by atoms with E-state index >= 15 is 0 Å². The van der Waals surface area contributed by atoms with Crippen molar-refractivity contribution < 1.29 is 17.7 Å². The van der Waals surface area contributed by atoms with Gasteiger partial charge in [-0.3, -0.25) is 4.98 Å². The van der Waals surface area contributed by atoms with Gasteiger partial charge in [0.2, 0.25) is 5.82 Å². The number of fused-ring (bicyclic) bond motifs is 1. The summed E-state index contributed by atoms with van der Waals surface area (Å²) in [4.78, 5) is 11.9. The molecule has 0 saturated heterocycles. The fourth-order valence-electron chi connectivity index (χ4n) is 2.76. The van der Waals surface area contributed by atoms with Crippen LogP contribution in [0, 0.1) is 0 Å². The summed E-state index contributed by atoms with van der Waals surface area (Å²) in [5.41, 5.74) is 0.767. The van der Waals surface area contributed by atoms with Crippen LogP contribution in [0.25, 0.3) is 22.5 Å². The van der Waals surface area contributed by atoms with Gasteiger partial charge in [0.1, 0.15) is 5.52 Å². The molecule has 0 aromatic carbocycles. The number of aromatic nitrogens is 5. The number of hydrogen-bond acceptors (Lipinski definition) is 5. The molecule has 0 radical (unpaired) electrons. The van der Waals surface area contributed by atoms with E-state index in [1.807, 2.05) is 0 Å². The minimum absolute atomic E-state index is 0.140. The monoisotopic (exact) mass is 323 g/mol. The minimum Gasteiger partial charge on any atom is -0.334 e. The minimum atomic E-state index is -4.54. The fraction of sp³-hybridized carbons (Fsp3) is 0.429. The Morgan fingerprint density at radius 1 is 1.22 bits per heavy atom. The molecule has 3 aromatic rings. The summed E-state index contributed by atoms with van der Waals surface area (Å²) in [6.45, 7) is 0. The van der Waals surface area contributed by atoms with Crippen molar-refractivity contribution in [1.82, 2.24) is 24.7 Å².